The van der Waals surface area contributed by atoms with E-state index >= 15 is 0 Å². The Balaban J connectivity index is 1.29. The average Bonchev–Trinajstić information content (AvgIpc) is 3.02. The van der Waals surface area contributed by atoms with Crippen LogP contribution >= 0.6 is 35.0 Å². The van der Waals surface area contributed by atoms with E-state index in [-0.39, 0.29) is 17.4 Å². The van der Waals surface area contributed by atoms with Crippen molar-refractivity contribution >= 4 is 80.9 Å². The van der Waals surface area contributed by atoms with Crippen LogP contribution in [0.4, 0.5) is 11.4 Å². The summed E-state index contributed by atoms with van der Waals surface area (Å²) >= 11 is 14.0. The third kappa shape index (κ3) is 7.84. The highest BCUT2D eigenvalue weighted by molar-refractivity contribution is 8.00. The first-order chi connectivity index (χ1) is 20.9. The van der Waals surface area contributed by atoms with Crippen LogP contribution in [0.5, 0.6) is 0 Å². The molecule has 0 fully saturated rings. The Labute approximate surface area is 263 Å². The molecular weight excluding hydrogens is 601 g/mol. The lowest BCUT2D eigenvalue weighted by molar-refractivity contribution is -0.114. The summed E-state index contributed by atoms with van der Waals surface area (Å²) in [5, 5.41) is 11.1. The third-order valence-electron chi connectivity index (χ3n) is 6.34. The van der Waals surface area contributed by atoms with Gasteiger partial charge in [-0.3, -0.25) is 14.4 Å². The standard InChI is InChI=1S/C34H25Cl2N3O3S/c35-28-16-8-17-29(36)27(28)20-31(39-33(41)23-10-2-1-3-11-23)34(42)37-24-13-7-14-25(19-24)43-21-32(40)38-30-18-6-12-22-9-4-5-15-26(22)30/h1-20H,21H2,(H,37,42)(H,38,40)(H,39,41)/b31-20+. The van der Waals surface area contributed by atoms with Crippen molar-refractivity contribution < 1.29 is 14.4 Å². The number of amides is 3. The van der Waals surface area contributed by atoms with Crippen LogP contribution in [0.25, 0.3) is 16.8 Å². The van der Waals surface area contributed by atoms with E-state index in [0.29, 0.717) is 26.9 Å². The summed E-state index contributed by atoms with van der Waals surface area (Å²) < 4.78 is 0. The normalized spacial score (nSPS) is 11.2. The van der Waals surface area contributed by atoms with Gasteiger partial charge < -0.3 is 16.0 Å². The zero-order valence-corrected chi connectivity index (χ0v) is 25.0. The van der Waals surface area contributed by atoms with Gasteiger partial charge in [0.2, 0.25) is 5.91 Å². The van der Waals surface area contributed by atoms with Gasteiger partial charge in [-0.05, 0) is 60.0 Å². The van der Waals surface area contributed by atoms with Crippen LogP contribution in [0.15, 0.2) is 126 Å². The van der Waals surface area contributed by atoms with Crippen molar-refractivity contribution in [2.75, 3.05) is 16.4 Å². The highest BCUT2D eigenvalue weighted by Gasteiger charge is 2.17. The fourth-order valence-corrected chi connectivity index (χ4v) is 5.53. The van der Waals surface area contributed by atoms with E-state index in [9.17, 15) is 14.4 Å². The third-order valence-corrected chi connectivity index (χ3v) is 8.00. The fraction of sp³-hybridized carbons (Fsp3) is 0.0294. The van der Waals surface area contributed by atoms with Gasteiger partial charge in [0.05, 0.1) is 5.75 Å². The van der Waals surface area contributed by atoms with E-state index in [1.807, 2.05) is 48.5 Å². The molecule has 5 aromatic rings. The number of fused-ring (bicyclic) bond motifs is 1. The van der Waals surface area contributed by atoms with E-state index in [4.69, 9.17) is 23.2 Å². The number of halogens is 2. The minimum absolute atomic E-state index is 0.0450. The van der Waals surface area contributed by atoms with Crippen LogP contribution in [0.1, 0.15) is 15.9 Å². The van der Waals surface area contributed by atoms with Crippen LogP contribution in [0.3, 0.4) is 0 Å². The monoisotopic (exact) mass is 625 g/mol. The summed E-state index contributed by atoms with van der Waals surface area (Å²) in [7, 11) is 0. The second-order valence-corrected chi connectivity index (χ2v) is 11.2. The van der Waals surface area contributed by atoms with Gasteiger partial charge in [-0.2, -0.15) is 0 Å². The molecule has 9 heteroatoms. The molecule has 0 aromatic heterocycles. The molecule has 0 radical (unpaired) electrons. The highest BCUT2D eigenvalue weighted by Crippen LogP contribution is 2.28. The molecule has 6 nitrogen and oxygen atoms in total. The molecule has 3 N–H and O–H groups in total. The number of hydrogen-bond acceptors (Lipinski definition) is 4. The lowest BCUT2D eigenvalue weighted by Gasteiger charge is -2.13. The number of benzene rings is 5. The van der Waals surface area contributed by atoms with Gasteiger partial charge in [-0.15, -0.1) is 11.8 Å². The van der Waals surface area contributed by atoms with Crippen LogP contribution in [0, 0.1) is 0 Å². The van der Waals surface area contributed by atoms with Crippen LogP contribution in [-0.4, -0.2) is 23.5 Å². The molecule has 0 atom stereocenters. The molecule has 5 rings (SSSR count). The molecular formula is C34H25Cl2N3O3S. The predicted octanol–water partition coefficient (Wildman–Crippen LogP) is 8.29. The van der Waals surface area contributed by atoms with Gasteiger partial charge in [-0.1, -0.05) is 89.9 Å². The lowest BCUT2D eigenvalue weighted by atomic mass is 10.1. The molecule has 0 spiro atoms. The summed E-state index contributed by atoms with van der Waals surface area (Å²) in [5.74, 6) is -1.02. The van der Waals surface area contributed by atoms with E-state index in [0.717, 1.165) is 21.4 Å². The maximum Gasteiger partial charge on any atom is 0.272 e. The van der Waals surface area contributed by atoms with Crippen molar-refractivity contribution in [1.82, 2.24) is 5.32 Å². The van der Waals surface area contributed by atoms with Crippen molar-refractivity contribution in [2.45, 2.75) is 4.90 Å². The quantitative estimate of drug-likeness (QED) is 0.114. The second-order valence-electron chi connectivity index (χ2n) is 9.36. The van der Waals surface area contributed by atoms with Crippen LogP contribution in [-0.2, 0) is 9.59 Å². The smallest absolute Gasteiger partial charge is 0.272 e. The summed E-state index contributed by atoms with van der Waals surface area (Å²) in [6, 6.07) is 34.2. The minimum atomic E-state index is -0.573. The van der Waals surface area contributed by atoms with E-state index < -0.39 is 11.8 Å². The first kappa shape index (κ1) is 29.9. The molecule has 5 aromatic carbocycles. The van der Waals surface area contributed by atoms with Gasteiger partial charge in [0.15, 0.2) is 0 Å². The first-order valence-electron chi connectivity index (χ1n) is 13.2. The molecule has 3 amide bonds. The average molecular weight is 627 g/mol. The van der Waals surface area contributed by atoms with Crippen molar-refractivity contribution in [2.24, 2.45) is 0 Å². The summed E-state index contributed by atoms with van der Waals surface area (Å²) in [6.45, 7) is 0. The van der Waals surface area contributed by atoms with E-state index in [2.05, 4.69) is 16.0 Å². The summed E-state index contributed by atoms with van der Waals surface area (Å²) in [5.41, 5.74) is 1.96. The Kier molecular flexibility index (Phi) is 9.79. The molecule has 0 saturated heterocycles. The molecule has 0 aliphatic carbocycles. The zero-order valence-electron chi connectivity index (χ0n) is 22.6. The molecule has 0 saturated carbocycles. The number of thioether (sulfide) groups is 1. The first-order valence-corrected chi connectivity index (χ1v) is 15.0. The fourth-order valence-electron chi connectivity index (χ4n) is 4.27. The number of hydrogen-bond donors (Lipinski definition) is 3. The van der Waals surface area contributed by atoms with Crippen LogP contribution < -0.4 is 16.0 Å². The number of carbonyl (C=O) groups excluding carboxylic acids is 3. The molecule has 0 aliphatic heterocycles. The van der Waals surface area contributed by atoms with Gasteiger partial charge >= 0.3 is 0 Å². The second kappa shape index (κ2) is 14.1. The molecule has 0 unspecified atom stereocenters. The molecule has 43 heavy (non-hydrogen) atoms. The van der Waals surface area contributed by atoms with Crippen molar-refractivity contribution in [1.29, 1.82) is 0 Å². The van der Waals surface area contributed by atoms with Crippen molar-refractivity contribution in [3.8, 4) is 0 Å². The molecule has 0 heterocycles. The number of nitrogens with one attached hydrogen (secondary N) is 3. The zero-order chi connectivity index (χ0) is 30.2. The number of anilines is 2. The topological polar surface area (TPSA) is 87.3 Å². The Bertz CT molecular complexity index is 1820. The Hall–Kier alpha value is -4.56. The largest absolute Gasteiger partial charge is 0.325 e. The number of carbonyl (C=O) groups is 3. The molecule has 0 bridgehead atoms. The van der Waals surface area contributed by atoms with E-state index in [1.54, 1.807) is 66.7 Å². The minimum Gasteiger partial charge on any atom is -0.325 e. The summed E-state index contributed by atoms with van der Waals surface area (Å²) in [6.07, 6.45) is 1.44. The van der Waals surface area contributed by atoms with Gasteiger partial charge in [-0.25, -0.2) is 0 Å². The van der Waals surface area contributed by atoms with Gasteiger partial charge in [0, 0.05) is 42.8 Å². The Morgan fingerprint density at radius 3 is 2.19 bits per heavy atom. The SMILES string of the molecule is O=C(CSc1cccc(NC(=O)/C(=C\c2c(Cl)cccc2Cl)NC(=O)c2ccccc2)c1)Nc1cccc2ccccc12. The highest BCUT2D eigenvalue weighted by atomic mass is 35.5. The van der Waals surface area contributed by atoms with Crippen molar-refractivity contribution in [3.63, 3.8) is 0 Å². The van der Waals surface area contributed by atoms with Gasteiger partial charge in [0.1, 0.15) is 5.70 Å². The van der Waals surface area contributed by atoms with Crippen molar-refractivity contribution in [3.05, 3.63) is 142 Å². The maximum absolute atomic E-state index is 13.4. The van der Waals surface area contributed by atoms with Crippen LogP contribution in [0.2, 0.25) is 10.0 Å². The Morgan fingerprint density at radius 2 is 1.40 bits per heavy atom. The summed E-state index contributed by atoms with van der Waals surface area (Å²) in [4.78, 5) is 39.9. The predicted molar refractivity (Wildman–Crippen MR) is 177 cm³/mol. The van der Waals surface area contributed by atoms with Gasteiger partial charge in [0.25, 0.3) is 11.8 Å². The molecule has 214 valence electrons. The lowest BCUT2D eigenvalue weighted by Crippen LogP contribution is -2.30. The number of rotatable bonds is 9. The Morgan fingerprint density at radius 1 is 0.721 bits per heavy atom. The maximum atomic E-state index is 13.4. The van der Waals surface area contributed by atoms with E-state index in [1.165, 1.54) is 17.8 Å². The molecule has 0 aliphatic rings.